The maximum Gasteiger partial charge on any atom is 0.272 e. The van der Waals surface area contributed by atoms with Crippen molar-refractivity contribution >= 4 is 23.3 Å². The summed E-state index contributed by atoms with van der Waals surface area (Å²) >= 11 is 5.88. The minimum absolute atomic E-state index is 0.138. The van der Waals surface area contributed by atoms with E-state index >= 15 is 0 Å². The Morgan fingerprint density at radius 1 is 1.20 bits per heavy atom. The summed E-state index contributed by atoms with van der Waals surface area (Å²) in [6.07, 6.45) is 0. The molecule has 0 saturated carbocycles. The number of rotatable bonds is 2. The van der Waals surface area contributed by atoms with Crippen LogP contribution in [0.4, 0.5) is 10.2 Å². The fraction of sp³-hybridized carbons (Fsp3) is 0.333. The standard InChI is InChI=1S/C18H17ClFN3O2/c1-22-10-14-13(12-3-2-11(19)8-15(12)20)9-16(21-17(14)18(22)24)23-4-6-25-7-5-23/h2-3,8-9H,4-7,10H2,1H3. The van der Waals surface area contributed by atoms with E-state index in [4.69, 9.17) is 16.3 Å². The van der Waals surface area contributed by atoms with Crippen LogP contribution in [0.25, 0.3) is 11.1 Å². The van der Waals surface area contributed by atoms with Gasteiger partial charge >= 0.3 is 0 Å². The van der Waals surface area contributed by atoms with Crippen LogP contribution in [0.3, 0.4) is 0 Å². The first-order valence-corrected chi connectivity index (χ1v) is 8.50. The van der Waals surface area contributed by atoms with Crippen LogP contribution in [0.1, 0.15) is 16.1 Å². The van der Waals surface area contributed by atoms with Gasteiger partial charge in [0.15, 0.2) is 0 Å². The van der Waals surface area contributed by atoms with Crippen molar-refractivity contribution in [1.29, 1.82) is 0 Å². The van der Waals surface area contributed by atoms with Gasteiger partial charge in [-0.15, -0.1) is 0 Å². The van der Waals surface area contributed by atoms with Gasteiger partial charge in [0.25, 0.3) is 5.91 Å². The molecule has 2 aliphatic rings. The number of ether oxygens (including phenoxy) is 1. The second-order valence-corrected chi connectivity index (χ2v) is 6.68. The summed E-state index contributed by atoms with van der Waals surface area (Å²) in [6.45, 7) is 3.02. The van der Waals surface area contributed by atoms with Gasteiger partial charge in [-0.05, 0) is 29.8 Å². The van der Waals surface area contributed by atoms with Crippen LogP contribution in [0.2, 0.25) is 5.02 Å². The van der Waals surface area contributed by atoms with Crippen molar-refractivity contribution in [2.24, 2.45) is 0 Å². The minimum Gasteiger partial charge on any atom is -0.378 e. The molecule has 1 aromatic heterocycles. The quantitative estimate of drug-likeness (QED) is 0.825. The van der Waals surface area contributed by atoms with Crippen LogP contribution in [0, 0.1) is 5.82 Å². The van der Waals surface area contributed by atoms with Crippen molar-refractivity contribution in [1.82, 2.24) is 9.88 Å². The molecule has 0 aliphatic carbocycles. The average Bonchev–Trinajstić information content (AvgIpc) is 2.90. The van der Waals surface area contributed by atoms with Gasteiger partial charge in [-0.2, -0.15) is 0 Å². The molecule has 130 valence electrons. The van der Waals surface area contributed by atoms with Crippen molar-refractivity contribution < 1.29 is 13.9 Å². The molecule has 1 amide bonds. The third-order valence-electron chi connectivity index (χ3n) is 4.61. The van der Waals surface area contributed by atoms with Gasteiger partial charge in [0, 0.05) is 42.8 Å². The molecule has 0 bridgehead atoms. The first-order valence-electron chi connectivity index (χ1n) is 8.12. The van der Waals surface area contributed by atoms with Crippen LogP contribution in [-0.4, -0.2) is 49.1 Å². The smallest absolute Gasteiger partial charge is 0.272 e. The number of carbonyl (C=O) groups is 1. The van der Waals surface area contributed by atoms with E-state index < -0.39 is 5.82 Å². The predicted octanol–water partition coefficient (Wildman–Crippen LogP) is 2.96. The molecule has 1 saturated heterocycles. The summed E-state index contributed by atoms with van der Waals surface area (Å²) in [7, 11) is 1.72. The Morgan fingerprint density at radius 3 is 2.68 bits per heavy atom. The highest BCUT2D eigenvalue weighted by molar-refractivity contribution is 6.30. The van der Waals surface area contributed by atoms with Gasteiger partial charge in [-0.3, -0.25) is 4.79 Å². The van der Waals surface area contributed by atoms with E-state index in [2.05, 4.69) is 9.88 Å². The highest BCUT2D eigenvalue weighted by Crippen LogP contribution is 2.36. The maximum atomic E-state index is 14.5. The Kier molecular flexibility index (Phi) is 4.09. The van der Waals surface area contributed by atoms with Gasteiger partial charge < -0.3 is 14.5 Å². The number of pyridine rings is 1. The molecule has 0 atom stereocenters. The minimum atomic E-state index is -0.407. The van der Waals surface area contributed by atoms with Crippen LogP contribution in [0.5, 0.6) is 0 Å². The molecule has 2 aromatic rings. The highest BCUT2D eigenvalue weighted by Gasteiger charge is 2.31. The van der Waals surface area contributed by atoms with Crippen molar-refractivity contribution in [3.63, 3.8) is 0 Å². The summed E-state index contributed by atoms with van der Waals surface area (Å²) in [5.41, 5.74) is 2.28. The first kappa shape index (κ1) is 16.3. The molecule has 7 heteroatoms. The lowest BCUT2D eigenvalue weighted by Crippen LogP contribution is -2.37. The Balaban J connectivity index is 1.89. The van der Waals surface area contributed by atoms with Gasteiger partial charge in [0.2, 0.25) is 0 Å². The SMILES string of the molecule is CN1Cc2c(-c3ccc(Cl)cc3F)cc(N3CCOCC3)nc2C1=O. The zero-order valence-electron chi connectivity index (χ0n) is 13.8. The van der Waals surface area contributed by atoms with Crippen LogP contribution < -0.4 is 4.90 Å². The molecule has 3 heterocycles. The van der Waals surface area contributed by atoms with Gasteiger partial charge in [0.1, 0.15) is 17.3 Å². The number of carbonyl (C=O) groups excluding carboxylic acids is 1. The summed E-state index contributed by atoms with van der Waals surface area (Å²) in [5, 5.41) is 0.341. The van der Waals surface area contributed by atoms with E-state index in [-0.39, 0.29) is 5.91 Å². The van der Waals surface area contributed by atoms with Crippen LogP contribution >= 0.6 is 11.6 Å². The summed E-state index contributed by atoms with van der Waals surface area (Å²) in [4.78, 5) is 20.7. The number of aromatic nitrogens is 1. The number of halogens is 2. The molecule has 4 rings (SSSR count). The first-order chi connectivity index (χ1) is 12.0. The van der Waals surface area contributed by atoms with Crippen molar-refractivity contribution in [3.8, 4) is 11.1 Å². The second-order valence-electron chi connectivity index (χ2n) is 6.24. The zero-order valence-corrected chi connectivity index (χ0v) is 14.5. The number of fused-ring (bicyclic) bond motifs is 1. The molecule has 0 spiro atoms. The third kappa shape index (κ3) is 2.85. The largest absolute Gasteiger partial charge is 0.378 e. The maximum absolute atomic E-state index is 14.5. The molecule has 5 nitrogen and oxygen atoms in total. The van der Waals surface area contributed by atoms with Crippen LogP contribution in [0.15, 0.2) is 24.3 Å². The van der Waals surface area contributed by atoms with Crippen molar-refractivity contribution in [2.45, 2.75) is 6.54 Å². The van der Waals surface area contributed by atoms with Crippen molar-refractivity contribution in [3.05, 3.63) is 46.4 Å². The van der Waals surface area contributed by atoms with Gasteiger partial charge in [-0.1, -0.05) is 11.6 Å². The highest BCUT2D eigenvalue weighted by atomic mass is 35.5. The Labute approximate surface area is 150 Å². The van der Waals surface area contributed by atoms with E-state index in [1.165, 1.54) is 6.07 Å². The summed E-state index contributed by atoms with van der Waals surface area (Å²) in [6, 6.07) is 6.46. The van der Waals surface area contributed by atoms with Crippen LogP contribution in [-0.2, 0) is 11.3 Å². The number of amides is 1. The predicted molar refractivity (Wildman–Crippen MR) is 93.5 cm³/mol. The topological polar surface area (TPSA) is 45.7 Å². The number of hydrogen-bond acceptors (Lipinski definition) is 4. The Hall–Kier alpha value is -2.18. The number of morpholine rings is 1. The average molecular weight is 362 g/mol. The molecular formula is C18H17ClFN3O2. The summed E-state index contributed by atoms with van der Waals surface area (Å²) < 4.78 is 19.9. The normalized spacial score (nSPS) is 17.2. The monoisotopic (exact) mass is 361 g/mol. The van der Waals surface area contributed by atoms with E-state index in [9.17, 15) is 9.18 Å². The van der Waals surface area contributed by atoms with E-state index in [0.717, 1.165) is 5.56 Å². The zero-order chi connectivity index (χ0) is 17.6. The number of benzene rings is 1. The third-order valence-corrected chi connectivity index (χ3v) is 4.85. The molecule has 25 heavy (non-hydrogen) atoms. The number of hydrogen-bond donors (Lipinski definition) is 0. The van der Waals surface area contributed by atoms with Gasteiger partial charge in [-0.25, -0.2) is 9.37 Å². The molecule has 2 aliphatic heterocycles. The fourth-order valence-electron chi connectivity index (χ4n) is 3.29. The lowest BCUT2D eigenvalue weighted by Gasteiger charge is -2.28. The number of anilines is 1. The molecule has 0 unspecified atom stereocenters. The molecule has 1 aromatic carbocycles. The Morgan fingerprint density at radius 2 is 1.96 bits per heavy atom. The lowest BCUT2D eigenvalue weighted by atomic mass is 9.99. The molecule has 1 fully saturated rings. The van der Waals surface area contributed by atoms with Gasteiger partial charge in [0.05, 0.1) is 13.2 Å². The van der Waals surface area contributed by atoms with E-state index in [0.29, 0.717) is 60.5 Å². The fourth-order valence-corrected chi connectivity index (χ4v) is 3.45. The summed E-state index contributed by atoms with van der Waals surface area (Å²) in [5.74, 6) is 0.131. The Bertz CT molecular complexity index is 852. The second kappa shape index (κ2) is 6.28. The molecule has 0 radical (unpaired) electrons. The van der Waals surface area contributed by atoms with E-state index in [1.54, 1.807) is 24.1 Å². The number of nitrogens with zero attached hydrogens (tertiary/aromatic N) is 3. The molecule has 0 N–H and O–H groups in total. The van der Waals surface area contributed by atoms with Crippen molar-refractivity contribution in [2.75, 3.05) is 38.3 Å². The lowest BCUT2D eigenvalue weighted by molar-refractivity contribution is 0.0812. The molecular weight excluding hydrogens is 345 g/mol. The van der Waals surface area contributed by atoms with E-state index in [1.807, 2.05) is 6.07 Å².